The maximum atomic E-state index is 11.9. The summed E-state index contributed by atoms with van der Waals surface area (Å²) in [6, 6.07) is 0. The Morgan fingerprint density at radius 3 is 2.58 bits per heavy atom. The number of morpholine rings is 1. The van der Waals surface area contributed by atoms with E-state index in [1.165, 1.54) is 0 Å². The molecule has 0 aromatic heterocycles. The number of hydrogen-bond acceptors (Lipinski definition) is 3. The van der Waals surface area contributed by atoms with Gasteiger partial charge in [0.25, 0.3) is 5.91 Å². The Morgan fingerprint density at radius 2 is 2.00 bits per heavy atom. The summed E-state index contributed by atoms with van der Waals surface area (Å²) in [7, 11) is 0. The molecule has 0 atom stereocenters. The van der Waals surface area contributed by atoms with Crippen LogP contribution in [0.3, 0.4) is 0 Å². The van der Waals surface area contributed by atoms with Crippen LogP contribution in [0.25, 0.3) is 0 Å². The summed E-state index contributed by atoms with van der Waals surface area (Å²) in [6.45, 7) is 12.6. The summed E-state index contributed by atoms with van der Waals surface area (Å²) < 4.78 is 5.28. The molecule has 1 heterocycles. The molecule has 1 rings (SSSR count). The molecule has 1 aliphatic rings. The van der Waals surface area contributed by atoms with Crippen LogP contribution in [-0.4, -0.2) is 50.2 Å². The third kappa shape index (κ3) is 6.36. The molecule has 0 unspecified atom stereocenters. The Labute approximate surface area is 115 Å². The Kier molecular flexibility index (Phi) is 7.15. The third-order valence-electron chi connectivity index (χ3n) is 2.90. The van der Waals surface area contributed by atoms with Gasteiger partial charge in [-0.15, -0.1) is 0 Å². The quantitative estimate of drug-likeness (QED) is 0.584. The highest BCUT2D eigenvalue weighted by atomic mass is 16.5. The third-order valence-corrected chi connectivity index (χ3v) is 2.90. The molecule has 1 amide bonds. The van der Waals surface area contributed by atoms with E-state index in [2.05, 4.69) is 16.8 Å². The van der Waals surface area contributed by atoms with E-state index in [1.54, 1.807) is 12.2 Å². The fraction of sp³-hybridized carbons (Fsp3) is 0.533. The Balaban J connectivity index is 2.34. The van der Waals surface area contributed by atoms with Gasteiger partial charge in [0.2, 0.25) is 0 Å². The average Bonchev–Trinajstić information content (AvgIpc) is 2.40. The fourth-order valence-electron chi connectivity index (χ4n) is 1.75. The molecule has 4 heteroatoms. The zero-order valence-electron chi connectivity index (χ0n) is 11.9. The van der Waals surface area contributed by atoms with E-state index >= 15 is 0 Å². The second-order valence-corrected chi connectivity index (χ2v) is 4.78. The van der Waals surface area contributed by atoms with Crippen molar-refractivity contribution < 1.29 is 9.53 Å². The number of carbonyl (C=O) groups is 1. The Morgan fingerprint density at radius 1 is 1.32 bits per heavy atom. The Hall–Kier alpha value is -1.39. The molecule has 1 N–H and O–H groups in total. The van der Waals surface area contributed by atoms with Gasteiger partial charge in [0.05, 0.1) is 13.2 Å². The van der Waals surface area contributed by atoms with Crippen LogP contribution in [0.5, 0.6) is 0 Å². The van der Waals surface area contributed by atoms with E-state index in [0.717, 1.165) is 38.4 Å². The largest absolute Gasteiger partial charge is 0.379 e. The highest BCUT2D eigenvalue weighted by molar-refractivity contribution is 5.96. The number of rotatable bonds is 6. The zero-order valence-corrected chi connectivity index (χ0v) is 11.9. The predicted molar refractivity (Wildman–Crippen MR) is 78.0 cm³/mol. The van der Waals surface area contributed by atoms with E-state index in [4.69, 9.17) is 4.74 Å². The first-order valence-corrected chi connectivity index (χ1v) is 6.69. The van der Waals surface area contributed by atoms with Crippen molar-refractivity contribution in [1.29, 1.82) is 0 Å². The molecule has 1 saturated heterocycles. The monoisotopic (exact) mass is 264 g/mol. The summed E-state index contributed by atoms with van der Waals surface area (Å²) in [5.41, 5.74) is 1.75. The van der Waals surface area contributed by atoms with Crippen molar-refractivity contribution in [2.45, 2.75) is 13.8 Å². The van der Waals surface area contributed by atoms with Gasteiger partial charge >= 0.3 is 0 Å². The molecule has 0 radical (unpaired) electrons. The summed E-state index contributed by atoms with van der Waals surface area (Å²) in [4.78, 5) is 14.2. The van der Waals surface area contributed by atoms with Crippen molar-refractivity contribution in [2.75, 3.05) is 39.4 Å². The number of carbonyl (C=O) groups excluding carboxylic acids is 1. The van der Waals surface area contributed by atoms with Crippen LogP contribution in [0.1, 0.15) is 13.8 Å². The Bertz CT molecular complexity index is 362. The fourth-order valence-corrected chi connectivity index (χ4v) is 1.75. The standard InChI is InChI=1S/C15H24N2O2/c1-4-14(6-5-13(2)3)15(18)16-7-8-17-9-11-19-12-10-17/h4-6H,1,7-12H2,2-3H3,(H,16,18)/b14-6+. The molecule has 0 aliphatic carbocycles. The van der Waals surface area contributed by atoms with Gasteiger partial charge in [0.15, 0.2) is 0 Å². The number of allylic oxidation sites excluding steroid dienone is 3. The van der Waals surface area contributed by atoms with E-state index < -0.39 is 0 Å². The van der Waals surface area contributed by atoms with Gasteiger partial charge < -0.3 is 10.1 Å². The lowest BCUT2D eigenvalue weighted by atomic mass is 10.2. The zero-order chi connectivity index (χ0) is 14.1. The van der Waals surface area contributed by atoms with Gasteiger partial charge in [-0.1, -0.05) is 24.3 Å². The van der Waals surface area contributed by atoms with Crippen molar-refractivity contribution in [1.82, 2.24) is 10.2 Å². The van der Waals surface area contributed by atoms with Crippen LogP contribution >= 0.6 is 0 Å². The highest BCUT2D eigenvalue weighted by Gasteiger charge is 2.10. The van der Waals surface area contributed by atoms with Crippen LogP contribution in [-0.2, 0) is 9.53 Å². The molecule has 19 heavy (non-hydrogen) atoms. The summed E-state index contributed by atoms with van der Waals surface area (Å²) in [5, 5.41) is 2.91. The first kappa shape index (κ1) is 15.7. The van der Waals surface area contributed by atoms with Gasteiger partial charge in [0, 0.05) is 31.8 Å². The first-order valence-electron chi connectivity index (χ1n) is 6.69. The second kappa shape index (κ2) is 8.67. The number of nitrogens with zero attached hydrogens (tertiary/aromatic N) is 1. The van der Waals surface area contributed by atoms with Crippen LogP contribution in [0.15, 0.2) is 36.0 Å². The topological polar surface area (TPSA) is 41.6 Å². The second-order valence-electron chi connectivity index (χ2n) is 4.78. The molecule has 1 fully saturated rings. The molecule has 106 valence electrons. The SMILES string of the molecule is C=C/C(=C\C=C(C)C)C(=O)NCCN1CCOCC1. The molecule has 0 aromatic rings. The van der Waals surface area contributed by atoms with E-state index in [1.807, 2.05) is 19.9 Å². The maximum Gasteiger partial charge on any atom is 0.251 e. The van der Waals surface area contributed by atoms with Crippen LogP contribution in [0.2, 0.25) is 0 Å². The van der Waals surface area contributed by atoms with Crippen LogP contribution < -0.4 is 5.32 Å². The van der Waals surface area contributed by atoms with Crippen molar-refractivity contribution in [3.63, 3.8) is 0 Å². The van der Waals surface area contributed by atoms with Crippen molar-refractivity contribution in [3.05, 3.63) is 36.0 Å². The van der Waals surface area contributed by atoms with Crippen molar-refractivity contribution in [3.8, 4) is 0 Å². The predicted octanol–water partition coefficient (Wildman–Crippen LogP) is 1.51. The first-order chi connectivity index (χ1) is 9.13. The molecule has 0 bridgehead atoms. The van der Waals surface area contributed by atoms with E-state index in [9.17, 15) is 4.79 Å². The molecule has 0 saturated carbocycles. The summed E-state index contributed by atoms with van der Waals surface area (Å²) in [6.07, 6.45) is 5.30. The van der Waals surface area contributed by atoms with Gasteiger partial charge in [-0.25, -0.2) is 0 Å². The molecule has 4 nitrogen and oxygen atoms in total. The lowest BCUT2D eigenvalue weighted by molar-refractivity contribution is -0.117. The normalized spacial score (nSPS) is 16.8. The van der Waals surface area contributed by atoms with E-state index in [-0.39, 0.29) is 5.91 Å². The summed E-state index contributed by atoms with van der Waals surface area (Å²) >= 11 is 0. The van der Waals surface area contributed by atoms with Gasteiger partial charge in [0.1, 0.15) is 0 Å². The minimum Gasteiger partial charge on any atom is -0.379 e. The number of amides is 1. The number of hydrogen-bond donors (Lipinski definition) is 1. The van der Waals surface area contributed by atoms with E-state index in [0.29, 0.717) is 12.1 Å². The molecular formula is C15H24N2O2. The number of ether oxygens (including phenoxy) is 1. The smallest absolute Gasteiger partial charge is 0.251 e. The van der Waals surface area contributed by atoms with Crippen LogP contribution in [0.4, 0.5) is 0 Å². The minimum atomic E-state index is -0.0687. The lowest BCUT2D eigenvalue weighted by Crippen LogP contribution is -2.41. The van der Waals surface area contributed by atoms with Gasteiger partial charge in [-0.3, -0.25) is 9.69 Å². The van der Waals surface area contributed by atoms with Crippen LogP contribution in [0, 0.1) is 0 Å². The molecule has 0 aromatic carbocycles. The average molecular weight is 264 g/mol. The van der Waals surface area contributed by atoms with Gasteiger partial charge in [-0.05, 0) is 19.9 Å². The molecular weight excluding hydrogens is 240 g/mol. The summed E-state index contributed by atoms with van der Waals surface area (Å²) in [5.74, 6) is -0.0687. The number of nitrogens with one attached hydrogen (secondary N) is 1. The minimum absolute atomic E-state index is 0.0687. The molecule has 1 aliphatic heterocycles. The lowest BCUT2D eigenvalue weighted by Gasteiger charge is -2.26. The van der Waals surface area contributed by atoms with Crippen molar-refractivity contribution in [2.24, 2.45) is 0 Å². The van der Waals surface area contributed by atoms with Gasteiger partial charge in [-0.2, -0.15) is 0 Å². The maximum absolute atomic E-state index is 11.9. The van der Waals surface area contributed by atoms with Crippen molar-refractivity contribution >= 4 is 5.91 Å². The highest BCUT2D eigenvalue weighted by Crippen LogP contribution is 2.00. The molecule has 0 spiro atoms.